The van der Waals surface area contributed by atoms with Crippen molar-refractivity contribution in [3.05, 3.63) is 154 Å². The largest absolute Gasteiger partial charge is 0.508 e. The van der Waals surface area contributed by atoms with Crippen LogP contribution in [0.4, 0.5) is 30.7 Å². The number of oxime groups is 2. The third-order valence-corrected chi connectivity index (χ3v) is 8.78. The highest BCUT2D eigenvalue weighted by molar-refractivity contribution is 6.31. The van der Waals surface area contributed by atoms with Crippen LogP contribution in [0.5, 0.6) is 11.5 Å². The fourth-order valence-electron chi connectivity index (χ4n) is 5.99. The van der Waals surface area contributed by atoms with Crippen molar-refractivity contribution in [2.24, 2.45) is 21.8 Å². The summed E-state index contributed by atoms with van der Waals surface area (Å²) in [6, 6.07) is 24.6. The van der Waals surface area contributed by atoms with Crippen LogP contribution in [0.25, 0.3) is 44.5 Å². The van der Waals surface area contributed by atoms with Crippen molar-refractivity contribution < 1.29 is 51.4 Å². The summed E-state index contributed by atoms with van der Waals surface area (Å²) in [4.78, 5) is 0. The number of terminal acetylenes is 1. The van der Waals surface area contributed by atoms with Crippen LogP contribution >= 0.6 is 11.6 Å². The molecule has 0 bridgehead atoms. The number of hydrogen-bond acceptors (Lipinski definition) is 6. The second-order valence-electron chi connectivity index (χ2n) is 12.3. The lowest BCUT2D eigenvalue weighted by Crippen LogP contribution is -2.17. The number of phenols is 2. The van der Waals surface area contributed by atoms with Crippen molar-refractivity contribution >= 4 is 23.3 Å². The van der Waals surface area contributed by atoms with E-state index in [1.54, 1.807) is 24.3 Å². The van der Waals surface area contributed by atoms with Gasteiger partial charge in [0.2, 0.25) is 0 Å². The van der Waals surface area contributed by atoms with Gasteiger partial charge in [-0.25, -0.2) is 4.39 Å². The first kappa shape index (κ1) is 42.0. The maximum Gasteiger partial charge on any atom is 0.416 e. The van der Waals surface area contributed by atoms with E-state index in [1.165, 1.54) is 54.6 Å². The van der Waals surface area contributed by atoms with Crippen LogP contribution in [0.1, 0.15) is 27.8 Å². The van der Waals surface area contributed by atoms with Crippen LogP contribution in [0, 0.1) is 18.2 Å². The Bertz CT molecular complexity index is 2560. The van der Waals surface area contributed by atoms with Crippen LogP contribution in [-0.2, 0) is 12.4 Å². The molecule has 0 saturated heterocycles. The topological polar surface area (TPSA) is 158 Å². The highest BCUT2D eigenvalue weighted by Crippen LogP contribution is 2.43. The molecular formula is C42H28ClF7N4O4. The minimum absolute atomic E-state index is 0.0158. The van der Waals surface area contributed by atoms with Gasteiger partial charge in [0.05, 0.1) is 11.1 Å². The molecule has 58 heavy (non-hydrogen) atoms. The number of nitrogens with zero attached hydrogens (tertiary/aromatic N) is 2. The number of halogens is 8. The Morgan fingerprint density at radius 3 is 1.47 bits per heavy atom. The fraction of sp³-hybridized carbons (Fsp3) is 0.0476. The van der Waals surface area contributed by atoms with Crippen molar-refractivity contribution in [3.8, 4) is 68.4 Å². The smallest absolute Gasteiger partial charge is 0.416 e. The molecule has 6 aromatic rings. The van der Waals surface area contributed by atoms with E-state index in [1.807, 2.05) is 0 Å². The summed E-state index contributed by atoms with van der Waals surface area (Å²) in [6.07, 6.45) is -3.81. The minimum atomic E-state index is -4.73. The van der Waals surface area contributed by atoms with E-state index < -0.39 is 41.0 Å². The lowest BCUT2D eigenvalue weighted by atomic mass is 9.86. The predicted molar refractivity (Wildman–Crippen MR) is 206 cm³/mol. The molecule has 16 heteroatoms. The van der Waals surface area contributed by atoms with Gasteiger partial charge in [0, 0.05) is 32.8 Å². The van der Waals surface area contributed by atoms with Crippen LogP contribution < -0.4 is 11.5 Å². The Balaban J connectivity index is 0.000000221. The van der Waals surface area contributed by atoms with E-state index in [4.69, 9.17) is 34.7 Å². The molecule has 6 aromatic carbocycles. The second-order valence-corrected chi connectivity index (χ2v) is 12.7. The number of rotatable bonds is 6. The number of phenolic OH excluding ortho intramolecular Hbond substituents is 2. The molecule has 6 rings (SSSR count). The Hall–Kier alpha value is -7.18. The first-order chi connectivity index (χ1) is 27.4. The molecule has 0 aliphatic rings. The molecule has 0 heterocycles. The van der Waals surface area contributed by atoms with Gasteiger partial charge < -0.3 is 32.1 Å². The van der Waals surface area contributed by atoms with Gasteiger partial charge >= 0.3 is 12.4 Å². The Kier molecular flexibility index (Phi) is 12.2. The summed E-state index contributed by atoms with van der Waals surface area (Å²) < 4.78 is 95.1. The number of amidine groups is 2. The van der Waals surface area contributed by atoms with Crippen molar-refractivity contribution in [3.63, 3.8) is 0 Å². The molecule has 0 amide bonds. The summed E-state index contributed by atoms with van der Waals surface area (Å²) in [5.41, 5.74) is 11.3. The lowest BCUT2D eigenvalue weighted by molar-refractivity contribution is -0.138. The van der Waals surface area contributed by atoms with Gasteiger partial charge in [-0.05, 0) is 106 Å². The van der Waals surface area contributed by atoms with Crippen LogP contribution in [-0.4, -0.2) is 32.3 Å². The van der Waals surface area contributed by atoms with Crippen molar-refractivity contribution in [1.29, 1.82) is 0 Å². The minimum Gasteiger partial charge on any atom is -0.508 e. The number of aromatic hydroxyl groups is 2. The number of nitrogens with two attached hydrogens (primary N) is 2. The molecule has 0 spiro atoms. The first-order valence-electron chi connectivity index (χ1n) is 16.4. The molecule has 0 saturated carbocycles. The van der Waals surface area contributed by atoms with Crippen LogP contribution in [0.15, 0.2) is 126 Å². The molecule has 0 aliphatic carbocycles. The predicted octanol–water partition coefficient (Wildman–Crippen LogP) is 10.5. The maximum atomic E-state index is 14.0. The Labute approximate surface area is 330 Å². The molecule has 296 valence electrons. The van der Waals surface area contributed by atoms with Gasteiger partial charge in [-0.1, -0.05) is 70.3 Å². The third kappa shape index (κ3) is 9.26. The van der Waals surface area contributed by atoms with E-state index in [0.717, 1.165) is 30.3 Å². The van der Waals surface area contributed by atoms with E-state index in [2.05, 4.69) is 16.2 Å². The fourth-order valence-corrected chi connectivity index (χ4v) is 6.21. The average Bonchev–Trinajstić information content (AvgIpc) is 3.19. The van der Waals surface area contributed by atoms with Gasteiger partial charge in [0.15, 0.2) is 11.7 Å². The van der Waals surface area contributed by atoms with Gasteiger partial charge in [-0.2, -0.15) is 26.3 Å². The van der Waals surface area contributed by atoms with Crippen molar-refractivity contribution in [2.75, 3.05) is 0 Å². The van der Waals surface area contributed by atoms with E-state index in [9.17, 15) is 46.2 Å². The monoisotopic (exact) mass is 820 g/mol. The molecule has 0 aliphatic heterocycles. The highest BCUT2D eigenvalue weighted by Gasteiger charge is 2.35. The van der Waals surface area contributed by atoms with Gasteiger partial charge in [0.1, 0.15) is 17.3 Å². The zero-order chi connectivity index (χ0) is 42.5. The third-order valence-electron chi connectivity index (χ3n) is 8.56. The Morgan fingerprint density at radius 1 is 0.586 bits per heavy atom. The Morgan fingerprint density at radius 2 is 1.03 bits per heavy atom. The molecule has 0 unspecified atom stereocenters. The van der Waals surface area contributed by atoms with E-state index in [0.29, 0.717) is 22.8 Å². The number of hydrogen-bond donors (Lipinski definition) is 6. The molecule has 0 fully saturated rings. The number of benzene rings is 6. The number of alkyl halides is 6. The van der Waals surface area contributed by atoms with Crippen molar-refractivity contribution in [1.82, 2.24) is 0 Å². The zero-order valence-electron chi connectivity index (χ0n) is 29.4. The summed E-state index contributed by atoms with van der Waals surface area (Å²) in [7, 11) is 0. The summed E-state index contributed by atoms with van der Waals surface area (Å²) in [6.45, 7) is 0. The summed E-state index contributed by atoms with van der Waals surface area (Å²) >= 11 is 5.92. The molecule has 0 atom stereocenters. The van der Waals surface area contributed by atoms with Crippen LogP contribution in [0.2, 0.25) is 5.02 Å². The maximum absolute atomic E-state index is 14.0. The first-order valence-corrected chi connectivity index (χ1v) is 16.8. The van der Waals surface area contributed by atoms with Crippen molar-refractivity contribution in [2.45, 2.75) is 12.4 Å². The molecule has 0 aromatic heterocycles. The molecular weight excluding hydrogens is 793 g/mol. The van der Waals surface area contributed by atoms with Gasteiger partial charge in [-0.15, -0.1) is 6.42 Å². The van der Waals surface area contributed by atoms with Gasteiger partial charge in [-0.3, -0.25) is 0 Å². The van der Waals surface area contributed by atoms with Gasteiger partial charge in [0.25, 0.3) is 0 Å². The normalized spacial score (nSPS) is 12.1. The van der Waals surface area contributed by atoms with Crippen LogP contribution in [0.3, 0.4) is 0 Å². The van der Waals surface area contributed by atoms with E-state index in [-0.39, 0.29) is 61.0 Å². The summed E-state index contributed by atoms with van der Waals surface area (Å²) in [5.74, 6) is 0.584. The molecule has 0 radical (unpaired) electrons. The SMILES string of the molecule is C#Cc1ccccc1-c1c(C(N)=NO)cc(C(F)(F)F)cc1-c1ccc(O)cc1.NC(=NO)c1cc(C(F)(F)F)cc(-c2ccc(O)cc2)c1-c1cc(F)cc(Cl)c1. The highest BCUT2D eigenvalue weighted by atomic mass is 35.5. The van der Waals surface area contributed by atoms with E-state index >= 15 is 0 Å². The average molecular weight is 821 g/mol. The molecule has 8 nitrogen and oxygen atoms in total. The standard InChI is InChI=1S/C22H15F3N2O2.C20H13ClF4N2O2/c1-2-13-5-3-4-6-17(13)20-18(14-7-9-16(28)10-8-14)11-15(22(23,24)25)12-19(20)21(26)27-29;21-13-5-11(6-14(22)9-13)18-16(10-1-3-15(28)4-2-10)7-12(20(23,24)25)8-17(18)19(26)27-29/h1,3-12,28-29H,(H2,26,27);1-9,28-29H,(H2,26,27). The quantitative estimate of drug-likeness (QED) is 0.0245. The second kappa shape index (κ2) is 16.9. The lowest BCUT2D eigenvalue weighted by Gasteiger charge is -2.19. The summed E-state index contributed by atoms with van der Waals surface area (Å²) in [5, 5.41) is 43.1. The molecule has 8 N–H and O–H groups in total. The zero-order valence-corrected chi connectivity index (χ0v) is 30.2.